The van der Waals surface area contributed by atoms with Gasteiger partial charge in [-0.3, -0.25) is 4.79 Å². The van der Waals surface area contributed by atoms with Crippen LogP contribution >= 0.6 is 11.6 Å². The number of halogens is 2. The normalized spacial score (nSPS) is 16.0. The van der Waals surface area contributed by atoms with Gasteiger partial charge in [0, 0.05) is 48.4 Å². The Morgan fingerprint density at radius 2 is 1.80 bits per heavy atom. The van der Waals surface area contributed by atoms with Crippen LogP contribution in [0.15, 0.2) is 42.6 Å². The Morgan fingerprint density at radius 1 is 1.07 bits per heavy atom. The highest BCUT2D eigenvalue weighted by atomic mass is 35.5. The van der Waals surface area contributed by atoms with Gasteiger partial charge in [-0.25, -0.2) is 19.2 Å². The Labute approximate surface area is 243 Å². The molecule has 214 valence electrons. The van der Waals surface area contributed by atoms with Gasteiger partial charge in [0.2, 0.25) is 0 Å². The predicted octanol–water partition coefficient (Wildman–Crippen LogP) is 6.31. The number of hydrogen-bond donors (Lipinski definition) is 1. The van der Waals surface area contributed by atoms with Gasteiger partial charge in [0.25, 0.3) is 5.91 Å². The summed E-state index contributed by atoms with van der Waals surface area (Å²) >= 11 is 5.92. The molecule has 4 heterocycles. The van der Waals surface area contributed by atoms with Crippen LogP contribution in [0.2, 0.25) is 5.02 Å². The zero-order valence-corrected chi connectivity index (χ0v) is 24.8. The monoisotopic (exact) mass is 577 g/mol. The third-order valence-electron chi connectivity index (χ3n) is 7.63. The van der Waals surface area contributed by atoms with Gasteiger partial charge in [0.1, 0.15) is 23.0 Å². The molecule has 8 nitrogen and oxygen atoms in total. The van der Waals surface area contributed by atoms with E-state index in [1.807, 2.05) is 28.7 Å². The molecule has 1 aromatic carbocycles. The molecule has 41 heavy (non-hydrogen) atoms. The number of aromatic carboxylic acids is 1. The number of fused-ring (bicyclic) bond motifs is 1. The van der Waals surface area contributed by atoms with Crippen LogP contribution in [0.5, 0.6) is 0 Å². The van der Waals surface area contributed by atoms with Gasteiger partial charge in [-0.2, -0.15) is 0 Å². The van der Waals surface area contributed by atoms with E-state index < -0.39 is 11.8 Å². The number of carboxylic acid groups (broad SMARTS) is 1. The molecule has 1 saturated heterocycles. The fourth-order valence-electron chi connectivity index (χ4n) is 5.54. The number of nitrogens with zero attached hydrogens (tertiary/aromatic N) is 5. The first kappa shape index (κ1) is 28.5. The second-order valence-electron chi connectivity index (χ2n) is 11.6. The van der Waals surface area contributed by atoms with Crippen molar-refractivity contribution in [3.05, 3.63) is 75.9 Å². The lowest BCUT2D eigenvalue weighted by atomic mass is 10.1. The van der Waals surface area contributed by atoms with Gasteiger partial charge in [-0.1, -0.05) is 17.7 Å². The van der Waals surface area contributed by atoms with E-state index in [4.69, 9.17) is 16.6 Å². The topological polar surface area (TPSA) is 91.6 Å². The number of benzene rings is 1. The Bertz CT molecular complexity index is 1670. The van der Waals surface area contributed by atoms with Crippen LogP contribution in [0.1, 0.15) is 59.8 Å². The van der Waals surface area contributed by atoms with E-state index in [1.165, 1.54) is 12.1 Å². The lowest BCUT2D eigenvalue weighted by Crippen LogP contribution is -2.54. The van der Waals surface area contributed by atoms with Crippen molar-refractivity contribution in [1.29, 1.82) is 0 Å². The first-order valence-corrected chi connectivity index (χ1v) is 13.9. The second kappa shape index (κ2) is 10.4. The molecule has 10 heteroatoms. The molecule has 1 amide bonds. The van der Waals surface area contributed by atoms with E-state index in [2.05, 4.69) is 30.7 Å². The summed E-state index contributed by atoms with van der Waals surface area (Å²) in [4.78, 5) is 38.6. The van der Waals surface area contributed by atoms with Gasteiger partial charge < -0.3 is 19.5 Å². The molecular weight excluding hydrogens is 545 g/mol. The SMILES string of the molecule is Cc1cc(N2CCN(C(=O)c3ccc4c(-c5ccc(Cl)c(F)c5)cn(C(C)(C)C)c4n3)C(C)C2)nc(C)c1C(=O)O. The minimum atomic E-state index is -0.989. The largest absolute Gasteiger partial charge is 0.478 e. The number of aromatic nitrogens is 3. The third-order valence-corrected chi connectivity index (χ3v) is 7.94. The molecule has 1 N–H and O–H groups in total. The van der Waals surface area contributed by atoms with Crippen LogP contribution in [-0.4, -0.2) is 62.1 Å². The predicted molar refractivity (Wildman–Crippen MR) is 159 cm³/mol. The average molecular weight is 578 g/mol. The van der Waals surface area contributed by atoms with Crippen molar-refractivity contribution >= 4 is 40.3 Å². The standard InChI is InChI=1S/C31H33ClFN5O3/c1-17-13-26(34-19(3)27(17)30(40)41)36-11-12-37(18(2)15-36)29(39)25-10-8-21-22(20-7-9-23(32)24(33)14-20)16-38(28(21)35-25)31(4,5)6/h7-10,13-14,16,18H,11-12,15H2,1-6H3,(H,40,41). The summed E-state index contributed by atoms with van der Waals surface area (Å²) < 4.78 is 16.3. The fourth-order valence-corrected chi connectivity index (χ4v) is 5.65. The van der Waals surface area contributed by atoms with Crippen LogP contribution < -0.4 is 4.90 Å². The number of anilines is 1. The zero-order valence-electron chi connectivity index (χ0n) is 24.0. The maximum atomic E-state index is 14.3. The van der Waals surface area contributed by atoms with E-state index in [9.17, 15) is 19.1 Å². The lowest BCUT2D eigenvalue weighted by Gasteiger charge is -2.40. The summed E-state index contributed by atoms with van der Waals surface area (Å²) in [5.41, 5.74) is 3.49. The summed E-state index contributed by atoms with van der Waals surface area (Å²) in [6, 6.07) is 10.00. The lowest BCUT2D eigenvalue weighted by molar-refractivity contribution is 0.0664. The van der Waals surface area contributed by atoms with Gasteiger partial charge in [-0.05, 0) is 83.0 Å². The summed E-state index contributed by atoms with van der Waals surface area (Å²) in [6.45, 7) is 13.2. The van der Waals surface area contributed by atoms with Gasteiger partial charge in [0.15, 0.2) is 0 Å². The Morgan fingerprint density at radius 3 is 2.41 bits per heavy atom. The number of carbonyl (C=O) groups is 2. The quantitative estimate of drug-likeness (QED) is 0.305. The molecule has 5 rings (SSSR count). The Kier molecular flexibility index (Phi) is 7.27. The highest BCUT2D eigenvalue weighted by molar-refractivity contribution is 6.30. The molecule has 0 bridgehead atoms. The van der Waals surface area contributed by atoms with Crippen molar-refractivity contribution in [1.82, 2.24) is 19.4 Å². The highest BCUT2D eigenvalue weighted by Gasteiger charge is 2.31. The Balaban J connectivity index is 1.44. The van der Waals surface area contributed by atoms with Gasteiger partial charge in [-0.15, -0.1) is 0 Å². The minimum absolute atomic E-state index is 0.0619. The van der Waals surface area contributed by atoms with Gasteiger partial charge >= 0.3 is 5.97 Å². The molecule has 1 unspecified atom stereocenters. The van der Waals surface area contributed by atoms with Crippen molar-refractivity contribution in [2.45, 2.75) is 53.1 Å². The first-order valence-electron chi connectivity index (χ1n) is 13.5. The number of carbonyl (C=O) groups excluding carboxylic acids is 1. The number of hydrogen-bond acceptors (Lipinski definition) is 5. The smallest absolute Gasteiger partial charge is 0.337 e. The molecule has 0 spiro atoms. The second-order valence-corrected chi connectivity index (χ2v) is 12.0. The zero-order chi connectivity index (χ0) is 29.8. The number of pyridine rings is 2. The molecule has 1 aliphatic heterocycles. The number of amides is 1. The summed E-state index contributed by atoms with van der Waals surface area (Å²) in [5, 5.41) is 10.4. The number of rotatable bonds is 4. The average Bonchev–Trinajstić information content (AvgIpc) is 3.29. The van der Waals surface area contributed by atoms with E-state index in [1.54, 1.807) is 32.0 Å². The van der Waals surface area contributed by atoms with Crippen molar-refractivity contribution in [2.75, 3.05) is 24.5 Å². The van der Waals surface area contributed by atoms with E-state index in [0.717, 1.165) is 10.9 Å². The maximum absolute atomic E-state index is 14.3. The molecule has 1 fully saturated rings. The summed E-state index contributed by atoms with van der Waals surface area (Å²) in [5.74, 6) is -0.941. The van der Waals surface area contributed by atoms with Crippen LogP contribution in [-0.2, 0) is 5.54 Å². The van der Waals surface area contributed by atoms with Gasteiger partial charge in [0.05, 0.1) is 16.3 Å². The molecule has 0 radical (unpaired) electrons. The third kappa shape index (κ3) is 5.26. The van der Waals surface area contributed by atoms with E-state index >= 15 is 0 Å². The number of carboxylic acids is 1. The maximum Gasteiger partial charge on any atom is 0.337 e. The van der Waals surface area contributed by atoms with Crippen molar-refractivity contribution in [2.24, 2.45) is 0 Å². The molecule has 1 aliphatic rings. The van der Waals surface area contributed by atoms with Crippen molar-refractivity contribution in [3.8, 4) is 11.1 Å². The summed E-state index contributed by atoms with van der Waals surface area (Å²) in [6.07, 6.45) is 1.95. The number of piperazine rings is 1. The first-order chi connectivity index (χ1) is 19.3. The van der Waals surface area contributed by atoms with Crippen LogP contribution in [0.4, 0.5) is 10.2 Å². The Hall–Kier alpha value is -3.98. The molecule has 3 aromatic heterocycles. The number of aryl methyl sites for hydroxylation is 2. The summed E-state index contributed by atoms with van der Waals surface area (Å²) in [7, 11) is 0. The van der Waals surface area contributed by atoms with Crippen LogP contribution in [0.3, 0.4) is 0 Å². The van der Waals surface area contributed by atoms with Crippen LogP contribution in [0, 0.1) is 19.7 Å². The molecule has 0 saturated carbocycles. The molecule has 1 atom stereocenters. The van der Waals surface area contributed by atoms with E-state index in [-0.39, 0.29) is 28.1 Å². The van der Waals surface area contributed by atoms with Crippen molar-refractivity contribution in [3.63, 3.8) is 0 Å². The molecular formula is C31H33ClFN5O3. The molecule has 0 aliphatic carbocycles. The molecule has 4 aromatic rings. The highest BCUT2D eigenvalue weighted by Crippen LogP contribution is 2.35. The fraction of sp³-hybridized carbons (Fsp3) is 0.355. The van der Waals surface area contributed by atoms with Crippen molar-refractivity contribution < 1.29 is 19.1 Å². The van der Waals surface area contributed by atoms with Crippen LogP contribution in [0.25, 0.3) is 22.2 Å². The van der Waals surface area contributed by atoms with E-state index in [0.29, 0.717) is 53.6 Å². The minimum Gasteiger partial charge on any atom is -0.478 e.